The van der Waals surface area contributed by atoms with Crippen LogP contribution in [0.4, 0.5) is 0 Å². The van der Waals surface area contributed by atoms with Crippen LogP contribution in [0.1, 0.15) is 29.0 Å². The van der Waals surface area contributed by atoms with Gasteiger partial charge in [-0.25, -0.2) is 0 Å². The van der Waals surface area contributed by atoms with E-state index in [4.69, 9.17) is 9.68 Å². The van der Waals surface area contributed by atoms with E-state index in [0.29, 0.717) is 11.3 Å². The second kappa shape index (κ2) is 4.42. The van der Waals surface area contributed by atoms with E-state index in [1.807, 2.05) is 0 Å². The maximum atomic E-state index is 12.0. The summed E-state index contributed by atoms with van der Waals surface area (Å²) in [5, 5.41) is 11.6. The van der Waals surface area contributed by atoms with Crippen LogP contribution in [-0.2, 0) is 4.79 Å². The highest BCUT2D eigenvalue weighted by Gasteiger charge is 2.33. The largest absolute Gasteiger partial charge is 0.469 e. The predicted molar refractivity (Wildman–Crippen MR) is 58.0 cm³/mol. The Balaban J connectivity index is 2.13. The van der Waals surface area contributed by atoms with Gasteiger partial charge < -0.3 is 9.73 Å². The second-order valence-corrected chi connectivity index (χ2v) is 4.10. The van der Waals surface area contributed by atoms with Gasteiger partial charge in [0.25, 0.3) is 0 Å². The molecule has 0 aliphatic heterocycles. The zero-order valence-corrected chi connectivity index (χ0v) is 9.40. The van der Waals surface area contributed by atoms with Gasteiger partial charge in [0.15, 0.2) is 11.7 Å². The summed E-state index contributed by atoms with van der Waals surface area (Å²) in [6, 6.07) is 3.36. The fourth-order valence-corrected chi connectivity index (χ4v) is 1.54. The molecule has 0 bridgehead atoms. The van der Waals surface area contributed by atoms with E-state index < -0.39 is 17.6 Å². The average Bonchev–Trinajstić information content (AvgIpc) is 2.99. The molecule has 0 spiro atoms. The lowest BCUT2D eigenvalue weighted by atomic mass is 9.98. The Labute approximate surface area is 98.4 Å². The summed E-state index contributed by atoms with van der Waals surface area (Å²) in [5.41, 5.74) is 0.294. The molecular formula is C12H12N2O3. The number of carbonyl (C=O) groups excluding carboxylic acids is 2. The normalized spacial score (nSPS) is 16.0. The van der Waals surface area contributed by atoms with Gasteiger partial charge in [0.05, 0.1) is 17.9 Å². The molecule has 5 nitrogen and oxygen atoms in total. The molecule has 0 radical (unpaired) electrons. The smallest absolute Gasteiger partial charge is 0.245 e. The lowest BCUT2D eigenvalue weighted by Gasteiger charge is -2.07. The number of carbonyl (C=O) groups is 2. The number of amides is 1. The predicted octanol–water partition coefficient (Wildman–Crippen LogP) is 1.19. The maximum Gasteiger partial charge on any atom is 0.245 e. The summed E-state index contributed by atoms with van der Waals surface area (Å²) in [5.74, 6) is -1.88. The van der Waals surface area contributed by atoms with Crippen molar-refractivity contribution in [1.29, 1.82) is 5.26 Å². The highest BCUT2D eigenvalue weighted by atomic mass is 16.3. The van der Waals surface area contributed by atoms with Crippen LogP contribution in [0.2, 0.25) is 0 Å². The first-order valence-corrected chi connectivity index (χ1v) is 5.41. The quantitative estimate of drug-likeness (QED) is 0.624. The van der Waals surface area contributed by atoms with Crippen molar-refractivity contribution in [2.45, 2.75) is 25.8 Å². The lowest BCUT2D eigenvalue weighted by molar-refractivity contribution is -0.122. The molecule has 88 valence electrons. The Hall–Kier alpha value is -2.09. The fraction of sp³-hybridized carbons (Fsp3) is 0.417. The number of aryl methyl sites for hydroxylation is 1. The van der Waals surface area contributed by atoms with E-state index in [1.165, 1.54) is 12.3 Å². The van der Waals surface area contributed by atoms with Crippen molar-refractivity contribution in [2.24, 2.45) is 5.92 Å². The molecule has 1 unspecified atom stereocenters. The molecule has 1 aliphatic rings. The molecular weight excluding hydrogens is 220 g/mol. The van der Waals surface area contributed by atoms with Gasteiger partial charge in [-0.05, 0) is 25.8 Å². The van der Waals surface area contributed by atoms with E-state index in [1.54, 1.807) is 13.0 Å². The maximum absolute atomic E-state index is 12.0. The minimum absolute atomic E-state index is 0.136. The van der Waals surface area contributed by atoms with Crippen LogP contribution in [0.3, 0.4) is 0 Å². The number of hydrogen-bond donors (Lipinski definition) is 1. The van der Waals surface area contributed by atoms with Gasteiger partial charge >= 0.3 is 0 Å². The summed E-state index contributed by atoms with van der Waals surface area (Å²) < 4.78 is 4.99. The topological polar surface area (TPSA) is 83.1 Å². The van der Waals surface area contributed by atoms with Crippen LogP contribution in [-0.4, -0.2) is 17.7 Å². The summed E-state index contributed by atoms with van der Waals surface area (Å²) in [7, 11) is 0. The first-order valence-electron chi connectivity index (χ1n) is 5.41. The Morgan fingerprint density at radius 2 is 2.29 bits per heavy atom. The van der Waals surface area contributed by atoms with Crippen LogP contribution in [0.5, 0.6) is 0 Å². The first-order chi connectivity index (χ1) is 8.13. The molecule has 1 aromatic rings. The third-order valence-electron chi connectivity index (χ3n) is 2.70. The zero-order chi connectivity index (χ0) is 12.4. The third kappa shape index (κ3) is 2.36. The van der Waals surface area contributed by atoms with Crippen molar-refractivity contribution in [3.05, 3.63) is 23.7 Å². The molecule has 1 fully saturated rings. The number of Topliss-reactive ketones (excluding diaryl/α,β-unsaturated/α-hetero) is 1. The van der Waals surface area contributed by atoms with Gasteiger partial charge in [0.2, 0.25) is 5.91 Å². The van der Waals surface area contributed by atoms with Gasteiger partial charge in [0.1, 0.15) is 5.76 Å². The zero-order valence-electron chi connectivity index (χ0n) is 9.40. The number of nitrogens with zero attached hydrogens (tertiary/aromatic N) is 1. The molecule has 1 heterocycles. The number of hydrogen-bond acceptors (Lipinski definition) is 4. The monoisotopic (exact) mass is 232 g/mol. The molecule has 0 saturated heterocycles. The van der Waals surface area contributed by atoms with Crippen molar-refractivity contribution in [3.8, 4) is 6.07 Å². The molecule has 1 saturated carbocycles. The van der Waals surface area contributed by atoms with E-state index in [0.717, 1.165) is 12.8 Å². The Kier molecular flexibility index (Phi) is 2.96. The summed E-state index contributed by atoms with van der Waals surface area (Å²) >= 11 is 0. The van der Waals surface area contributed by atoms with Gasteiger partial charge in [-0.15, -0.1) is 0 Å². The van der Waals surface area contributed by atoms with Crippen LogP contribution >= 0.6 is 0 Å². The van der Waals surface area contributed by atoms with Gasteiger partial charge in [-0.3, -0.25) is 9.59 Å². The molecule has 5 heteroatoms. The molecule has 17 heavy (non-hydrogen) atoms. The second-order valence-electron chi connectivity index (χ2n) is 4.10. The molecule has 1 N–H and O–H groups in total. The van der Waals surface area contributed by atoms with Crippen molar-refractivity contribution in [3.63, 3.8) is 0 Å². The number of rotatable bonds is 4. The van der Waals surface area contributed by atoms with E-state index >= 15 is 0 Å². The molecule has 0 aromatic carbocycles. The molecule has 1 aromatic heterocycles. The van der Waals surface area contributed by atoms with Crippen molar-refractivity contribution in [1.82, 2.24) is 5.32 Å². The van der Waals surface area contributed by atoms with Crippen LogP contribution in [0, 0.1) is 24.2 Å². The fourth-order valence-electron chi connectivity index (χ4n) is 1.54. The van der Waals surface area contributed by atoms with E-state index in [2.05, 4.69) is 5.32 Å². The average molecular weight is 232 g/mol. The molecule has 1 amide bonds. The number of furan rings is 1. The van der Waals surface area contributed by atoms with Crippen LogP contribution in [0.15, 0.2) is 16.7 Å². The lowest BCUT2D eigenvalue weighted by Crippen LogP contribution is -2.36. The Morgan fingerprint density at radius 1 is 1.59 bits per heavy atom. The van der Waals surface area contributed by atoms with Crippen molar-refractivity contribution < 1.29 is 14.0 Å². The highest BCUT2D eigenvalue weighted by Crippen LogP contribution is 2.20. The minimum Gasteiger partial charge on any atom is -0.469 e. The Morgan fingerprint density at radius 3 is 2.76 bits per heavy atom. The number of nitriles is 1. The number of nitrogens with one attached hydrogen (secondary N) is 1. The summed E-state index contributed by atoms with van der Waals surface area (Å²) in [6.07, 6.45) is 3.21. The van der Waals surface area contributed by atoms with Crippen LogP contribution in [0.25, 0.3) is 0 Å². The van der Waals surface area contributed by atoms with Crippen LogP contribution < -0.4 is 5.32 Å². The van der Waals surface area contributed by atoms with E-state index in [9.17, 15) is 9.59 Å². The van der Waals surface area contributed by atoms with Crippen molar-refractivity contribution >= 4 is 11.7 Å². The van der Waals surface area contributed by atoms with Gasteiger partial charge in [-0.2, -0.15) is 5.26 Å². The van der Waals surface area contributed by atoms with E-state index in [-0.39, 0.29) is 6.04 Å². The standard InChI is InChI=1S/C12H12N2O3/c1-7-9(4-5-17-7)11(15)10(6-13)12(16)14-8-2-3-8/h4-5,8,10H,2-3H2,1H3,(H,14,16). The summed E-state index contributed by atoms with van der Waals surface area (Å²) in [6.45, 7) is 1.63. The number of ketones is 1. The first kappa shape index (κ1) is 11.4. The van der Waals surface area contributed by atoms with Gasteiger partial charge in [-0.1, -0.05) is 0 Å². The third-order valence-corrected chi connectivity index (χ3v) is 2.70. The minimum atomic E-state index is -1.29. The summed E-state index contributed by atoms with van der Waals surface area (Å²) in [4.78, 5) is 23.6. The SMILES string of the molecule is Cc1occc1C(=O)C(C#N)C(=O)NC1CC1. The molecule has 1 atom stereocenters. The molecule has 2 rings (SSSR count). The van der Waals surface area contributed by atoms with Crippen molar-refractivity contribution in [2.75, 3.05) is 0 Å². The molecule has 1 aliphatic carbocycles. The Bertz CT molecular complexity index is 494. The highest BCUT2D eigenvalue weighted by molar-refractivity contribution is 6.12. The van der Waals surface area contributed by atoms with Gasteiger partial charge in [0, 0.05) is 6.04 Å².